The molecule has 0 aliphatic rings. The third-order valence-electron chi connectivity index (χ3n) is 2.84. The minimum atomic E-state index is -0.267. The molecule has 0 spiro atoms. The lowest BCUT2D eigenvalue weighted by Gasteiger charge is -2.08. The molecule has 0 saturated heterocycles. The van der Waals surface area contributed by atoms with Crippen LogP contribution < -0.4 is 5.32 Å². The average molecular weight is 292 g/mol. The molecular formula is C11H10ClN7O. The van der Waals surface area contributed by atoms with Gasteiger partial charge in [-0.15, -0.1) is 0 Å². The number of rotatable bonds is 2. The summed E-state index contributed by atoms with van der Waals surface area (Å²) in [6.45, 7) is 1.80. The minimum absolute atomic E-state index is 0.267. The van der Waals surface area contributed by atoms with Crippen LogP contribution in [0.3, 0.4) is 0 Å². The highest BCUT2D eigenvalue weighted by molar-refractivity contribution is 6.30. The number of carbonyl (C=O) groups excluding carboxylic acids is 1. The summed E-state index contributed by atoms with van der Waals surface area (Å²) in [7, 11) is 1.55. The van der Waals surface area contributed by atoms with Gasteiger partial charge in [-0.3, -0.25) is 4.79 Å². The van der Waals surface area contributed by atoms with Crippen LogP contribution in [0.15, 0.2) is 18.6 Å². The number of carbonyl (C=O) groups is 1. The Kier molecular flexibility index (Phi) is 2.87. The van der Waals surface area contributed by atoms with Crippen LogP contribution in [0, 0.1) is 6.92 Å². The van der Waals surface area contributed by atoms with E-state index < -0.39 is 0 Å². The van der Waals surface area contributed by atoms with Gasteiger partial charge in [0.1, 0.15) is 11.5 Å². The first-order valence-corrected chi connectivity index (χ1v) is 6.13. The summed E-state index contributed by atoms with van der Waals surface area (Å²) in [5.74, 6) is 0.691. The van der Waals surface area contributed by atoms with Crippen LogP contribution in [0.2, 0.25) is 5.15 Å². The quantitative estimate of drug-likeness (QED) is 0.700. The number of nitrogens with one attached hydrogen (secondary N) is 1. The molecule has 8 nitrogen and oxygen atoms in total. The molecule has 1 amide bonds. The zero-order valence-electron chi connectivity index (χ0n) is 10.7. The first kappa shape index (κ1) is 12.5. The molecule has 0 bridgehead atoms. The predicted octanol–water partition coefficient (Wildman–Crippen LogP) is 0.631. The van der Waals surface area contributed by atoms with E-state index in [2.05, 4.69) is 25.5 Å². The summed E-state index contributed by atoms with van der Waals surface area (Å²) in [6, 6.07) is 1.61. The van der Waals surface area contributed by atoms with Gasteiger partial charge in [0.05, 0.1) is 0 Å². The summed E-state index contributed by atoms with van der Waals surface area (Å²) in [5, 5.41) is 11.1. The van der Waals surface area contributed by atoms with Crippen molar-refractivity contribution in [2.24, 2.45) is 0 Å². The van der Waals surface area contributed by atoms with Crippen LogP contribution in [-0.2, 0) is 0 Å². The number of hydrogen-bond acceptors (Lipinski definition) is 5. The van der Waals surface area contributed by atoms with Gasteiger partial charge in [-0.05, 0) is 13.0 Å². The second-order valence-corrected chi connectivity index (χ2v) is 4.41. The number of hydrogen-bond donors (Lipinski definition) is 1. The van der Waals surface area contributed by atoms with Crippen molar-refractivity contribution in [3.8, 4) is 5.82 Å². The fraction of sp³-hybridized carbons (Fsp3) is 0.182. The van der Waals surface area contributed by atoms with Crippen molar-refractivity contribution in [2.75, 3.05) is 7.05 Å². The van der Waals surface area contributed by atoms with Crippen LogP contribution in [0.4, 0.5) is 0 Å². The predicted molar refractivity (Wildman–Crippen MR) is 71.0 cm³/mol. The molecule has 3 rings (SSSR count). The maximum absolute atomic E-state index is 11.6. The Morgan fingerprint density at radius 3 is 3.00 bits per heavy atom. The maximum atomic E-state index is 11.6. The van der Waals surface area contributed by atoms with Gasteiger partial charge in [-0.25, -0.2) is 4.68 Å². The molecule has 0 radical (unpaired) electrons. The maximum Gasteiger partial charge on any atom is 0.271 e. The van der Waals surface area contributed by atoms with Crippen molar-refractivity contribution < 1.29 is 4.79 Å². The molecular weight excluding hydrogens is 282 g/mol. The molecule has 0 fully saturated rings. The van der Waals surface area contributed by atoms with Gasteiger partial charge in [0.25, 0.3) is 11.7 Å². The highest BCUT2D eigenvalue weighted by atomic mass is 35.5. The number of nitrogens with zero attached hydrogens (tertiary/aromatic N) is 6. The minimum Gasteiger partial charge on any atom is -0.354 e. The van der Waals surface area contributed by atoms with E-state index in [0.717, 1.165) is 0 Å². The monoisotopic (exact) mass is 291 g/mol. The van der Waals surface area contributed by atoms with Crippen LogP contribution in [-0.4, -0.2) is 42.3 Å². The second kappa shape index (κ2) is 4.57. The smallest absolute Gasteiger partial charge is 0.271 e. The Balaban J connectivity index is 2.23. The lowest BCUT2D eigenvalue weighted by atomic mass is 10.3. The van der Waals surface area contributed by atoms with Gasteiger partial charge in [0.15, 0.2) is 11.5 Å². The summed E-state index contributed by atoms with van der Waals surface area (Å²) < 4.78 is 3.04. The average Bonchev–Trinajstić information content (AvgIpc) is 3.08. The van der Waals surface area contributed by atoms with Gasteiger partial charge < -0.3 is 5.32 Å². The van der Waals surface area contributed by atoms with E-state index in [-0.39, 0.29) is 5.91 Å². The Morgan fingerprint density at radius 1 is 1.45 bits per heavy atom. The van der Waals surface area contributed by atoms with E-state index in [1.807, 2.05) is 0 Å². The van der Waals surface area contributed by atoms with Crippen LogP contribution in [0.5, 0.6) is 0 Å². The van der Waals surface area contributed by atoms with Crippen LogP contribution in [0.1, 0.15) is 16.1 Å². The van der Waals surface area contributed by atoms with Crippen LogP contribution in [0.25, 0.3) is 11.6 Å². The first-order valence-electron chi connectivity index (χ1n) is 5.75. The lowest BCUT2D eigenvalue weighted by Crippen LogP contribution is -2.19. The Bertz CT molecular complexity index is 806. The summed E-state index contributed by atoms with van der Waals surface area (Å²) in [4.78, 5) is 19.7. The molecule has 0 aromatic carbocycles. The van der Waals surface area contributed by atoms with Gasteiger partial charge in [-0.1, -0.05) is 11.6 Å². The summed E-state index contributed by atoms with van der Waals surface area (Å²) >= 11 is 6.08. The van der Waals surface area contributed by atoms with Crippen molar-refractivity contribution in [3.63, 3.8) is 0 Å². The number of fused-ring (bicyclic) bond motifs is 1. The molecule has 3 heterocycles. The fourth-order valence-corrected chi connectivity index (χ4v) is 2.00. The third kappa shape index (κ3) is 1.81. The zero-order valence-corrected chi connectivity index (χ0v) is 11.5. The highest BCUT2D eigenvalue weighted by Crippen LogP contribution is 2.20. The molecule has 3 aromatic rings. The van der Waals surface area contributed by atoms with Crippen LogP contribution >= 0.6 is 11.6 Å². The van der Waals surface area contributed by atoms with E-state index in [4.69, 9.17) is 11.6 Å². The number of aromatic nitrogens is 6. The van der Waals surface area contributed by atoms with Crippen molar-refractivity contribution in [3.05, 3.63) is 35.0 Å². The van der Waals surface area contributed by atoms with E-state index >= 15 is 0 Å². The number of amides is 1. The molecule has 0 saturated carbocycles. The van der Waals surface area contributed by atoms with Crippen molar-refractivity contribution in [2.45, 2.75) is 6.92 Å². The Labute approximate surface area is 118 Å². The van der Waals surface area contributed by atoms with E-state index in [1.54, 1.807) is 26.2 Å². The number of halogens is 1. The van der Waals surface area contributed by atoms with E-state index in [0.29, 0.717) is 28.0 Å². The van der Waals surface area contributed by atoms with Gasteiger partial charge >= 0.3 is 0 Å². The molecule has 3 aromatic heterocycles. The van der Waals surface area contributed by atoms with Gasteiger partial charge in [0, 0.05) is 18.8 Å². The molecule has 1 N–H and O–H groups in total. The SMILES string of the molecule is CNC(=O)c1ccn(-c2c(C)c(Cl)nc3ncnn23)n1. The molecule has 0 atom stereocenters. The fourth-order valence-electron chi connectivity index (χ4n) is 1.84. The lowest BCUT2D eigenvalue weighted by molar-refractivity contribution is 0.0957. The van der Waals surface area contributed by atoms with Gasteiger partial charge in [0.2, 0.25) is 0 Å². The largest absolute Gasteiger partial charge is 0.354 e. The van der Waals surface area contributed by atoms with Gasteiger partial charge in [-0.2, -0.15) is 24.7 Å². The molecule has 102 valence electrons. The molecule has 9 heteroatoms. The molecule has 20 heavy (non-hydrogen) atoms. The molecule has 0 aliphatic heterocycles. The normalized spacial score (nSPS) is 10.9. The van der Waals surface area contributed by atoms with E-state index in [1.165, 1.54) is 15.5 Å². The molecule has 0 unspecified atom stereocenters. The van der Waals surface area contributed by atoms with Crippen molar-refractivity contribution in [1.29, 1.82) is 0 Å². The van der Waals surface area contributed by atoms with E-state index in [9.17, 15) is 4.79 Å². The standard InChI is InChI=1S/C11H10ClN7O/c1-6-8(12)16-11-14-5-15-19(11)10(6)18-4-3-7(17-18)9(20)13-2/h3-5H,1-2H3,(H,13,20). The first-order chi connectivity index (χ1) is 9.61. The summed E-state index contributed by atoms with van der Waals surface area (Å²) in [6.07, 6.45) is 3.04. The molecule has 0 aliphatic carbocycles. The van der Waals surface area contributed by atoms with Crippen molar-refractivity contribution in [1.82, 2.24) is 34.7 Å². The summed E-state index contributed by atoms with van der Waals surface area (Å²) in [5.41, 5.74) is 0.990. The van der Waals surface area contributed by atoms with Crippen molar-refractivity contribution >= 4 is 23.3 Å². The third-order valence-corrected chi connectivity index (χ3v) is 3.21. The zero-order chi connectivity index (χ0) is 14.3. The Morgan fingerprint density at radius 2 is 2.25 bits per heavy atom. The topological polar surface area (TPSA) is 90.0 Å². The Hall–Kier alpha value is -2.48. The second-order valence-electron chi connectivity index (χ2n) is 4.05. The highest BCUT2D eigenvalue weighted by Gasteiger charge is 2.16.